The molecule has 0 radical (unpaired) electrons. The van der Waals surface area contributed by atoms with Crippen molar-refractivity contribution in [2.45, 2.75) is 12.1 Å². The molecule has 0 unspecified atom stereocenters. The molecule has 0 aromatic rings. The van der Waals surface area contributed by atoms with E-state index in [9.17, 15) is 36.1 Å². The van der Waals surface area contributed by atoms with Crippen LogP contribution in [0.25, 0.3) is 0 Å². The van der Waals surface area contributed by atoms with Crippen LogP contribution in [0.4, 0.5) is 0 Å². The average Bonchev–Trinajstić information content (AvgIpc) is 2.12. The van der Waals surface area contributed by atoms with Crippen molar-refractivity contribution in [2.75, 3.05) is 11.5 Å². The van der Waals surface area contributed by atoms with Gasteiger partial charge in [-0.3, -0.25) is 9.35 Å². The number of hydrogen-bond acceptors (Lipinski definition) is 10. The molecule has 0 rings (SSSR count). The van der Waals surface area contributed by atoms with Crippen LogP contribution in [-0.4, -0.2) is 77.5 Å². The molecule has 0 aromatic carbocycles. The van der Waals surface area contributed by atoms with Crippen molar-refractivity contribution in [1.29, 1.82) is 0 Å². The quantitative estimate of drug-likeness (QED) is 0.222. The van der Waals surface area contributed by atoms with E-state index in [1.54, 1.807) is 0 Å². The summed E-state index contributed by atoms with van der Waals surface area (Å²) in [5, 5.41) is 17.8. The second kappa shape index (κ2) is 13.6. The Hall–Kier alpha value is -0.777. The fraction of sp³-hybridized carbons (Fsp3) is 0.667. The van der Waals surface area contributed by atoms with Crippen molar-refractivity contribution in [1.82, 2.24) is 0 Å². The molecule has 0 aliphatic heterocycles. The molecule has 10 N–H and O–H groups in total. The average molecular weight is 438 g/mol. The topological polar surface area (TPSA) is 304 Å². The fourth-order valence-electron chi connectivity index (χ4n) is 0.586. The molecule has 23 heavy (non-hydrogen) atoms. The van der Waals surface area contributed by atoms with Gasteiger partial charge in [0.15, 0.2) is 0 Å². The molecule has 17 heteroatoms. The fourth-order valence-corrected chi connectivity index (χ4v) is 1.76. The molecule has 0 saturated heterocycles. The van der Waals surface area contributed by atoms with E-state index in [2.05, 4.69) is 5.73 Å². The molecule has 0 aliphatic rings. The number of carbonyl (C=O) groups is 2. The third kappa shape index (κ3) is 26.4. The Morgan fingerprint density at radius 3 is 1.43 bits per heavy atom. The minimum atomic E-state index is -4.56. The van der Waals surface area contributed by atoms with Gasteiger partial charge in [0.25, 0.3) is 10.1 Å². The van der Waals surface area contributed by atoms with Crippen molar-refractivity contribution < 1.29 is 76.2 Å². The van der Waals surface area contributed by atoms with Crippen LogP contribution in [0, 0.1) is 0 Å². The van der Waals surface area contributed by atoms with E-state index in [0.717, 1.165) is 0 Å². The first-order chi connectivity index (χ1) is 8.65. The third-order valence-corrected chi connectivity index (χ3v) is 2.94. The number of rotatable bonds is 6. The number of aliphatic carboxylic acids is 2. The minimum absolute atomic E-state index is 0. The summed E-state index contributed by atoms with van der Waals surface area (Å²) in [6.45, 7) is 0. The van der Waals surface area contributed by atoms with Gasteiger partial charge in [-0.15, -0.1) is 0 Å². The summed E-state index contributed by atoms with van der Waals surface area (Å²) < 4.78 is 57.4. The molecule has 0 bridgehead atoms. The van der Waals surface area contributed by atoms with Crippen LogP contribution in [0.15, 0.2) is 0 Å². The molecule has 0 heterocycles. The molecular formula is C6H16N2O12S2Zn. The standard InChI is InChI=1S/2C3H7NO5S.2H2O.Zn/c2*4-2(3(5)6)1-10(7,8)9;;;/h2*2H,1,4H2,(H,5,6)(H,7,8,9);2*1H2;/q;;;;+2/p-2/t2*2-;;;/m00.../s1. The Labute approximate surface area is 143 Å². The van der Waals surface area contributed by atoms with Crippen LogP contribution in [0.5, 0.6) is 0 Å². The van der Waals surface area contributed by atoms with Crippen LogP contribution in [0.2, 0.25) is 0 Å². The van der Waals surface area contributed by atoms with E-state index in [4.69, 9.17) is 15.4 Å². The van der Waals surface area contributed by atoms with Crippen LogP contribution >= 0.6 is 0 Å². The summed E-state index contributed by atoms with van der Waals surface area (Å²) in [5.41, 5.74) is 9.43. The number of nitrogens with two attached hydrogens (primary N) is 2. The molecule has 0 fully saturated rings. The van der Waals surface area contributed by atoms with E-state index in [1.807, 2.05) is 0 Å². The zero-order chi connectivity index (χ0) is 16.7. The van der Waals surface area contributed by atoms with Crippen molar-refractivity contribution in [3.05, 3.63) is 0 Å². The molecular weight excluding hydrogens is 422 g/mol. The van der Waals surface area contributed by atoms with E-state index in [1.165, 1.54) is 0 Å². The normalized spacial score (nSPS) is 12.7. The maximum Gasteiger partial charge on any atom is 2.00 e. The van der Waals surface area contributed by atoms with Gasteiger partial charge in [-0.1, -0.05) is 0 Å². The number of carboxylic acids is 2. The molecule has 136 valence electrons. The van der Waals surface area contributed by atoms with Gasteiger partial charge in [0.2, 0.25) is 0 Å². The predicted molar refractivity (Wildman–Crippen MR) is 66.8 cm³/mol. The monoisotopic (exact) mass is 436 g/mol. The van der Waals surface area contributed by atoms with Gasteiger partial charge in [0.05, 0.1) is 27.9 Å². The predicted octanol–water partition coefficient (Wildman–Crippen LogP) is -6.76. The van der Waals surface area contributed by atoms with Gasteiger partial charge in [-0.05, 0) is 0 Å². The summed E-state index contributed by atoms with van der Waals surface area (Å²) in [6, 6.07) is -3.29. The van der Waals surface area contributed by atoms with Gasteiger partial charge in [0.1, 0.15) is 11.8 Å². The van der Waals surface area contributed by atoms with Crippen LogP contribution in [-0.2, 0) is 49.3 Å². The zero-order valence-corrected chi connectivity index (χ0v) is 16.0. The molecule has 2 atom stereocenters. The summed E-state index contributed by atoms with van der Waals surface area (Å²) in [7, 11) is -8.84. The van der Waals surface area contributed by atoms with Gasteiger partial charge in [-0.2, -0.15) is 8.42 Å². The molecule has 0 spiro atoms. The summed E-state index contributed by atoms with van der Waals surface area (Å²) >= 11 is 0. The SMILES string of the molecule is N[C@@H](CS(=O)(=O)O)C(=O)O.N[C@@H](CS(=O)(=O)[O-])C(=O)[O-].O.O.[Zn+2]. The maximum atomic E-state index is 9.96. The number of carboxylic acid groups (broad SMARTS) is 2. The van der Waals surface area contributed by atoms with Gasteiger partial charge < -0.3 is 42.0 Å². The third-order valence-electron chi connectivity index (χ3n) is 1.39. The van der Waals surface area contributed by atoms with E-state index >= 15 is 0 Å². The minimum Gasteiger partial charge on any atom is -0.748 e. The van der Waals surface area contributed by atoms with Crippen LogP contribution in [0.1, 0.15) is 0 Å². The van der Waals surface area contributed by atoms with E-state index < -0.39 is 55.8 Å². The summed E-state index contributed by atoms with van der Waals surface area (Å²) in [5.74, 6) is -5.30. The van der Waals surface area contributed by atoms with E-state index in [-0.39, 0.29) is 30.4 Å². The Morgan fingerprint density at radius 2 is 1.35 bits per heavy atom. The molecule has 0 aliphatic carbocycles. The summed E-state index contributed by atoms with van der Waals surface area (Å²) in [4.78, 5) is 19.6. The van der Waals surface area contributed by atoms with Crippen molar-refractivity contribution in [2.24, 2.45) is 11.5 Å². The Kier molecular flexibility index (Phi) is 20.0. The zero-order valence-electron chi connectivity index (χ0n) is 11.4. The first-order valence-corrected chi connectivity index (χ1v) is 7.68. The first kappa shape index (κ1) is 33.7. The first-order valence-electron chi connectivity index (χ1n) is 4.49. The second-order valence-electron chi connectivity index (χ2n) is 3.34. The molecule has 0 amide bonds. The maximum absolute atomic E-state index is 9.96. The Balaban J connectivity index is -0.0000000831. The van der Waals surface area contributed by atoms with Crippen molar-refractivity contribution >= 4 is 32.2 Å². The molecule has 0 saturated carbocycles. The van der Waals surface area contributed by atoms with Gasteiger partial charge in [-0.25, -0.2) is 8.42 Å². The van der Waals surface area contributed by atoms with Crippen molar-refractivity contribution in [3.63, 3.8) is 0 Å². The second-order valence-corrected chi connectivity index (χ2v) is 6.29. The van der Waals surface area contributed by atoms with Crippen LogP contribution < -0.4 is 16.6 Å². The summed E-state index contributed by atoms with van der Waals surface area (Å²) in [6.07, 6.45) is 0. The smallest absolute Gasteiger partial charge is 0.748 e. The molecule has 14 nitrogen and oxygen atoms in total. The van der Waals surface area contributed by atoms with E-state index in [0.29, 0.717) is 0 Å². The van der Waals surface area contributed by atoms with Crippen LogP contribution in [0.3, 0.4) is 0 Å². The van der Waals surface area contributed by atoms with Gasteiger partial charge in [0, 0.05) is 0 Å². The van der Waals surface area contributed by atoms with Crippen molar-refractivity contribution in [3.8, 4) is 0 Å². The largest absolute Gasteiger partial charge is 2.00 e. The Morgan fingerprint density at radius 1 is 1.00 bits per heavy atom. The van der Waals surface area contributed by atoms with Gasteiger partial charge >= 0.3 is 25.4 Å². The molecule has 0 aromatic heterocycles. The Bertz CT molecular complexity index is 496. The number of carbonyl (C=O) groups excluding carboxylic acids is 1. The number of hydrogen-bond donors (Lipinski definition) is 4.